The van der Waals surface area contributed by atoms with Gasteiger partial charge in [0.05, 0.1) is 0 Å². The maximum atomic E-state index is 11.3. The van der Waals surface area contributed by atoms with Gasteiger partial charge in [-0.3, -0.25) is 4.79 Å². The summed E-state index contributed by atoms with van der Waals surface area (Å²) < 4.78 is 0. The van der Waals surface area contributed by atoms with Gasteiger partial charge in [0, 0.05) is 12.3 Å². The third kappa shape index (κ3) is 2.98. The lowest BCUT2D eigenvalue weighted by Crippen LogP contribution is -2.16. The molecule has 0 unspecified atom stereocenters. The molecule has 0 aliphatic rings. The Hall–Kier alpha value is -2.09. The lowest BCUT2D eigenvalue weighted by molar-refractivity contribution is -0.118. The molecule has 0 heterocycles. The molecule has 2 heteroatoms. The topological polar surface area (TPSA) is 43.1 Å². The van der Waals surface area contributed by atoms with Crippen molar-refractivity contribution in [2.75, 3.05) is 0 Å². The van der Waals surface area contributed by atoms with E-state index in [0.29, 0.717) is 6.42 Å². The molecule has 2 rings (SSSR count). The summed E-state index contributed by atoms with van der Waals surface area (Å²) in [7, 11) is 0. The Kier molecular flexibility index (Phi) is 3.78. The summed E-state index contributed by atoms with van der Waals surface area (Å²) in [5.41, 5.74) is 8.83. The molecule has 0 saturated heterocycles. The van der Waals surface area contributed by atoms with Gasteiger partial charge in [-0.05, 0) is 18.1 Å². The Morgan fingerprint density at radius 2 is 1.72 bits per heavy atom. The van der Waals surface area contributed by atoms with Crippen LogP contribution >= 0.6 is 0 Å². The molecule has 0 spiro atoms. The minimum atomic E-state index is -0.273. The number of rotatable bonds is 4. The molecule has 1 atom stereocenters. The van der Waals surface area contributed by atoms with E-state index in [1.54, 1.807) is 0 Å². The number of hydrogen-bond acceptors (Lipinski definition) is 1. The fourth-order valence-corrected chi connectivity index (χ4v) is 2.20. The van der Waals surface area contributed by atoms with Gasteiger partial charge in [-0.25, -0.2) is 0 Å². The molecule has 0 aliphatic heterocycles. The van der Waals surface area contributed by atoms with Crippen molar-refractivity contribution in [1.29, 1.82) is 0 Å². The minimum absolute atomic E-state index is 0.0450. The first kappa shape index (κ1) is 12.4. The van der Waals surface area contributed by atoms with Crippen molar-refractivity contribution in [3.63, 3.8) is 0 Å². The Labute approximate surface area is 107 Å². The monoisotopic (exact) mass is 239 g/mol. The van der Waals surface area contributed by atoms with Crippen LogP contribution in [0.25, 0.3) is 0 Å². The minimum Gasteiger partial charge on any atom is -0.370 e. The highest BCUT2D eigenvalue weighted by Gasteiger charge is 2.16. The first-order valence-electron chi connectivity index (χ1n) is 6.06. The first-order valence-corrected chi connectivity index (χ1v) is 6.06. The quantitative estimate of drug-likeness (QED) is 0.875. The highest BCUT2D eigenvalue weighted by atomic mass is 16.1. The van der Waals surface area contributed by atoms with Crippen molar-refractivity contribution in [1.82, 2.24) is 0 Å². The van der Waals surface area contributed by atoms with Gasteiger partial charge in [0.25, 0.3) is 0 Å². The molecule has 0 aliphatic carbocycles. The molecule has 0 aromatic heterocycles. The third-order valence-corrected chi connectivity index (χ3v) is 3.05. The van der Waals surface area contributed by atoms with Gasteiger partial charge >= 0.3 is 0 Å². The van der Waals surface area contributed by atoms with Crippen LogP contribution in [0, 0.1) is 6.92 Å². The normalized spacial score (nSPS) is 12.1. The summed E-state index contributed by atoms with van der Waals surface area (Å²) in [6.45, 7) is 2.05. The highest BCUT2D eigenvalue weighted by Crippen LogP contribution is 2.28. The van der Waals surface area contributed by atoms with Crippen molar-refractivity contribution in [3.05, 3.63) is 71.3 Å². The van der Waals surface area contributed by atoms with Crippen LogP contribution in [-0.2, 0) is 4.79 Å². The van der Waals surface area contributed by atoms with Crippen LogP contribution in [0.2, 0.25) is 0 Å². The average Bonchev–Trinajstić information content (AvgIpc) is 2.37. The van der Waals surface area contributed by atoms with Gasteiger partial charge in [0.2, 0.25) is 5.91 Å². The zero-order valence-corrected chi connectivity index (χ0v) is 10.5. The fraction of sp³-hybridized carbons (Fsp3) is 0.188. The summed E-state index contributed by atoms with van der Waals surface area (Å²) in [6, 6.07) is 18.2. The van der Waals surface area contributed by atoms with E-state index in [9.17, 15) is 4.79 Å². The number of amides is 1. The van der Waals surface area contributed by atoms with Gasteiger partial charge in [0.15, 0.2) is 0 Å². The number of aryl methyl sites for hydroxylation is 1. The molecule has 0 radical (unpaired) electrons. The molecule has 0 saturated carbocycles. The van der Waals surface area contributed by atoms with Crippen LogP contribution in [-0.4, -0.2) is 5.91 Å². The van der Waals surface area contributed by atoms with Crippen molar-refractivity contribution in [2.45, 2.75) is 19.3 Å². The van der Waals surface area contributed by atoms with E-state index < -0.39 is 0 Å². The Morgan fingerprint density at radius 3 is 2.33 bits per heavy atom. The molecule has 2 aromatic carbocycles. The molecule has 2 nitrogen and oxygen atoms in total. The molecular weight excluding hydrogens is 222 g/mol. The largest absolute Gasteiger partial charge is 0.370 e. The molecular formula is C16H17NO. The molecule has 92 valence electrons. The number of carbonyl (C=O) groups excluding carboxylic acids is 1. The van der Waals surface area contributed by atoms with Crippen molar-refractivity contribution >= 4 is 5.91 Å². The van der Waals surface area contributed by atoms with E-state index in [1.165, 1.54) is 5.56 Å². The van der Waals surface area contributed by atoms with Crippen molar-refractivity contribution < 1.29 is 4.79 Å². The lowest BCUT2D eigenvalue weighted by atomic mass is 9.88. The second-order valence-electron chi connectivity index (χ2n) is 4.55. The smallest absolute Gasteiger partial charge is 0.218 e. The standard InChI is InChI=1S/C16H17NO/c1-12-6-5-9-14(10-12)15(11-16(17)18)13-7-3-2-4-8-13/h2-10,15H,11H2,1H3,(H2,17,18)/t15-/m1/s1. The molecule has 0 bridgehead atoms. The summed E-state index contributed by atoms with van der Waals surface area (Å²) >= 11 is 0. The Balaban J connectivity index is 2.40. The fourth-order valence-electron chi connectivity index (χ4n) is 2.20. The number of benzene rings is 2. The summed E-state index contributed by atoms with van der Waals surface area (Å²) in [5, 5.41) is 0. The number of nitrogens with two attached hydrogens (primary N) is 1. The molecule has 18 heavy (non-hydrogen) atoms. The number of hydrogen-bond donors (Lipinski definition) is 1. The van der Waals surface area contributed by atoms with E-state index in [2.05, 4.69) is 19.1 Å². The molecule has 2 N–H and O–H groups in total. The molecule has 2 aromatic rings. The zero-order chi connectivity index (χ0) is 13.0. The van der Waals surface area contributed by atoms with Gasteiger partial charge in [-0.15, -0.1) is 0 Å². The van der Waals surface area contributed by atoms with Crippen molar-refractivity contribution in [2.24, 2.45) is 5.73 Å². The van der Waals surface area contributed by atoms with E-state index in [-0.39, 0.29) is 11.8 Å². The van der Waals surface area contributed by atoms with Crippen LogP contribution in [0.5, 0.6) is 0 Å². The van der Waals surface area contributed by atoms with Gasteiger partial charge < -0.3 is 5.73 Å². The second kappa shape index (κ2) is 5.50. The predicted molar refractivity (Wildman–Crippen MR) is 73.3 cm³/mol. The van der Waals surface area contributed by atoms with E-state index >= 15 is 0 Å². The molecule has 1 amide bonds. The predicted octanol–water partition coefficient (Wildman–Crippen LogP) is 3.00. The Bertz CT molecular complexity index is 534. The van der Waals surface area contributed by atoms with E-state index in [0.717, 1.165) is 11.1 Å². The number of carbonyl (C=O) groups is 1. The maximum absolute atomic E-state index is 11.3. The van der Waals surface area contributed by atoms with Crippen molar-refractivity contribution in [3.8, 4) is 0 Å². The van der Waals surface area contributed by atoms with Gasteiger partial charge in [0.1, 0.15) is 0 Å². The zero-order valence-electron chi connectivity index (χ0n) is 10.5. The molecule has 0 fully saturated rings. The van der Waals surface area contributed by atoms with E-state index in [1.807, 2.05) is 42.5 Å². The lowest BCUT2D eigenvalue weighted by Gasteiger charge is -2.16. The number of primary amides is 1. The van der Waals surface area contributed by atoms with Gasteiger partial charge in [-0.1, -0.05) is 60.2 Å². The SMILES string of the molecule is Cc1cccc([C@H](CC(N)=O)c2ccccc2)c1. The average molecular weight is 239 g/mol. The van der Waals surface area contributed by atoms with Crippen LogP contribution in [0.3, 0.4) is 0 Å². The third-order valence-electron chi connectivity index (χ3n) is 3.05. The van der Waals surface area contributed by atoms with Gasteiger partial charge in [-0.2, -0.15) is 0 Å². The maximum Gasteiger partial charge on any atom is 0.218 e. The van der Waals surface area contributed by atoms with Crippen LogP contribution in [0.1, 0.15) is 29.0 Å². The van der Waals surface area contributed by atoms with Crippen LogP contribution in [0.15, 0.2) is 54.6 Å². The van der Waals surface area contributed by atoms with Crippen LogP contribution in [0.4, 0.5) is 0 Å². The highest BCUT2D eigenvalue weighted by molar-refractivity contribution is 5.75. The summed E-state index contributed by atoms with van der Waals surface area (Å²) in [6.07, 6.45) is 0.341. The summed E-state index contributed by atoms with van der Waals surface area (Å²) in [5.74, 6) is -0.228. The first-order chi connectivity index (χ1) is 8.66. The van der Waals surface area contributed by atoms with E-state index in [4.69, 9.17) is 5.73 Å². The second-order valence-corrected chi connectivity index (χ2v) is 4.55. The Morgan fingerprint density at radius 1 is 1.06 bits per heavy atom. The summed E-state index contributed by atoms with van der Waals surface area (Å²) in [4.78, 5) is 11.3. The van der Waals surface area contributed by atoms with Crippen LogP contribution < -0.4 is 5.73 Å².